The molecule has 0 heterocycles. The maximum atomic E-state index is 13.1. The van der Waals surface area contributed by atoms with Gasteiger partial charge < -0.3 is 20.7 Å². The zero-order valence-corrected chi connectivity index (χ0v) is 9.06. The molecule has 2 unspecified atom stereocenters. The fraction of sp³-hybridized carbons (Fsp3) is 0.455. The Morgan fingerprint density at radius 1 is 1.38 bits per heavy atom. The van der Waals surface area contributed by atoms with Crippen LogP contribution in [0, 0.1) is 5.82 Å². The Labute approximate surface area is 93.5 Å². The van der Waals surface area contributed by atoms with Gasteiger partial charge in [-0.3, -0.25) is 0 Å². The quantitative estimate of drug-likeness (QED) is 0.690. The second-order valence-electron chi connectivity index (χ2n) is 3.51. The summed E-state index contributed by atoms with van der Waals surface area (Å²) < 4.78 is 18.0. The van der Waals surface area contributed by atoms with Crippen LogP contribution in [0.2, 0.25) is 0 Å². The summed E-state index contributed by atoms with van der Waals surface area (Å²) in [5.41, 5.74) is 5.54. The standard InChI is InChI=1S/C11H16FNO3/c1-16-9-5-7(4-8(12)6-9)11(15)10(14)2-3-13/h4-6,10-11,14-15H,2-3,13H2,1H3. The highest BCUT2D eigenvalue weighted by atomic mass is 19.1. The molecule has 0 aromatic heterocycles. The molecule has 1 rings (SSSR count). The summed E-state index contributed by atoms with van der Waals surface area (Å²) in [4.78, 5) is 0. The molecule has 4 N–H and O–H groups in total. The minimum Gasteiger partial charge on any atom is -0.497 e. The molecule has 4 nitrogen and oxygen atoms in total. The van der Waals surface area contributed by atoms with Crippen molar-refractivity contribution in [3.8, 4) is 5.75 Å². The average Bonchev–Trinajstić information content (AvgIpc) is 2.27. The van der Waals surface area contributed by atoms with Crippen molar-refractivity contribution in [3.05, 3.63) is 29.6 Å². The number of rotatable bonds is 5. The van der Waals surface area contributed by atoms with Crippen LogP contribution in [-0.4, -0.2) is 30.0 Å². The minimum absolute atomic E-state index is 0.250. The van der Waals surface area contributed by atoms with Crippen LogP contribution < -0.4 is 10.5 Å². The number of methoxy groups -OCH3 is 1. The lowest BCUT2D eigenvalue weighted by molar-refractivity contribution is 0.0147. The van der Waals surface area contributed by atoms with Gasteiger partial charge in [0.15, 0.2) is 0 Å². The Hall–Kier alpha value is -1.17. The molecule has 16 heavy (non-hydrogen) atoms. The van der Waals surface area contributed by atoms with Gasteiger partial charge in [-0.15, -0.1) is 0 Å². The lowest BCUT2D eigenvalue weighted by Gasteiger charge is -2.18. The fourth-order valence-electron chi connectivity index (χ4n) is 1.42. The first-order valence-electron chi connectivity index (χ1n) is 4.99. The molecule has 0 amide bonds. The second-order valence-corrected chi connectivity index (χ2v) is 3.51. The van der Waals surface area contributed by atoms with Crippen molar-refractivity contribution >= 4 is 0 Å². The summed E-state index contributed by atoms with van der Waals surface area (Å²) in [6, 6.07) is 3.84. The van der Waals surface area contributed by atoms with E-state index in [9.17, 15) is 14.6 Å². The van der Waals surface area contributed by atoms with E-state index in [2.05, 4.69) is 0 Å². The Bertz CT molecular complexity index is 346. The molecule has 0 spiro atoms. The number of ether oxygens (including phenoxy) is 1. The van der Waals surface area contributed by atoms with Gasteiger partial charge in [-0.25, -0.2) is 4.39 Å². The van der Waals surface area contributed by atoms with Crippen LogP contribution in [0.5, 0.6) is 5.75 Å². The zero-order chi connectivity index (χ0) is 12.1. The molecule has 5 heteroatoms. The van der Waals surface area contributed by atoms with Crippen molar-refractivity contribution in [2.45, 2.75) is 18.6 Å². The van der Waals surface area contributed by atoms with Gasteiger partial charge in [0.05, 0.1) is 13.2 Å². The highest BCUT2D eigenvalue weighted by Gasteiger charge is 2.18. The Morgan fingerprint density at radius 3 is 2.62 bits per heavy atom. The monoisotopic (exact) mass is 229 g/mol. The smallest absolute Gasteiger partial charge is 0.127 e. The fourth-order valence-corrected chi connectivity index (χ4v) is 1.42. The molecule has 1 aromatic carbocycles. The zero-order valence-electron chi connectivity index (χ0n) is 9.06. The summed E-state index contributed by atoms with van der Waals surface area (Å²) in [5.74, 6) is -0.220. The molecule has 0 aliphatic carbocycles. The van der Waals surface area contributed by atoms with Crippen LogP contribution in [0.3, 0.4) is 0 Å². The number of hydrogen-bond acceptors (Lipinski definition) is 4. The first kappa shape index (κ1) is 12.9. The van der Waals surface area contributed by atoms with E-state index in [1.807, 2.05) is 0 Å². The lowest BCUT2D eigenvalue weighted by atomic mass is 10.0. The van der Waals surface area contributed by atoms with E-state index >= 15 is 0 Å². The summed E-state index contributed by atoms with van der Waals surface area (Å²) in [6.45, 7) is 0.255. The largest absolute Gasteiger partial charge is 0.497 e. The Morgan fingerprint density at radius 2 is 2.06 bits per heavy atom. The molecule has 90 valence electrons. The maximum absolute atomic E-state index is 13.1. The predicted molar refractivity (Wildman–Crippen MR) is 57.6 cm³/mol. The molecular formula is C11H16FNO3. The van der Waals surface area contributed by atoms with E-state index in [-0.39, 0.29) is 18.5 Å². The van der Waals surface area contributed by atoms with E-state index < -0.39 is 18.0 Å². The number of halogens is 1. The van der Waals surface area contributed by atoms with Crippen LogP contribution >= 0.6 is 0 Å². The third-order valence-corrected chi connectivity index (χ3v) is 2.30. The number of nitrogens with two attached hydrogens (primary N) is 1. The van der Waals surface area contributed by atoms with E-state index in [4.69, 9.17) is 10.5 Å². The Balaban J connectivity index is 2.89. The molecular weight excluding hydrogens is 213 g/mol. The van der Waals surface area contributed by atoms with Gasteiger partial charge in [0, 0.05) is 6.07 Å². The van der Waals surface area contributed by atoms with Gasteiger partial charge in [0.25, 0.3) is 0 Å². The maximum Gasteiger partial charge on any atom is 0.127 e. The normalized spacial score (nSPS) is 14.6. The van der Waals surface area contributed by atoms with Crippen LogP contribution in [0.1, 0.15) is 18.1 Å². The topological polar surface area (TPSA) is 75.7 Å². The van der Waals surface area contributed by atoms with E-state index in [0.29, 0.717) is 5.75 Å². The third-order valence-electron chi connectivity index (χ3n) is 2.30. The molecule has 0 aliphatic rings. The number of hydrogen-bond donors (Lipinski definition) is 3. The van der Waals surface area contributed by atoms with Crippen molar-refractivity contribution in [2.75, 3.05) is 13.7 Å². The predicted octanol–water partition coefficient (Wildman–Crippen LogP) is 0.577. The molecule has 0 saturated heterocycles. The second kappa shape index (κ2) is 5.79. The molecule has 0 bridgehead atoms. The molecule has 0 saturated carbocycles. The molecule has 0 fully saturated rings. The van der Waals surface area contributed by atoms with Gasteiger partial charge in [-0.1, -0.05) is 0 Å². The van der Waals surface area contributed by atoms with E-state index in [1.165, 1.54) is 19.2 Å². The van der Waals surface area contributed by atoms with Gasteiger partial charge >= 0.3 is 0 Å². The highest BCUT2D eigenvalue weighted by molar-refractivity contribution is 5.31. The van der Waals surface area contributed by atoms with E-state index in [1.54, 1.807) is 0 Å². The highest BCUT2D eigenvalue weighted by Crippen LogP contribution is 2.24. The minimum atomic E-state index is -1.16. The summed E-state index contributed by atoms with van der Waals surface area (Å²) in [5, 5.41) is 19.3. The lowest BCUT2D eigenvalue weighted by Crippen LogP contribution is -2.21. The van der Waals surface area contributed by atoms with Crippen LogP contribution in [0.25, 0.3) is 0 Å². The molecule has 2 atom stereocenters. The van der Waals surface area contributed by atoms with Crippen molar-refractivity contribution < 1.29 is 19.3 Å². The van der Waals surface area contributed by atoms with Gasteiger partial charge in [0.1, 0.15) is 17.7 Å². The van der Waals surface area contributed by atoms with Crippen LogP contribution in [-0.2, 0) is 0 Å². The van der Waals surface area contributed by atoms with Crippen molar-refractivity contribution in [1.82, 2.24) is 0 Å². The average molecular weight is 229 g/mol. The van der Waals surface area contributed by atoms with E-state index in [0.717, 1.165) is 6.07 Å². The van der Waals surface area contributed by atoms with Gasteiger partial charge in [0.2, 0.25) is 0 Å². The molecule has 0 aliphatic heterocycles. The third kappa shape index (κ3) is 3.16. The summed E-state index contributed by atoms with van der Waals surface area (Å²) in [7, 11) is 1.40. The summed E-state index contributed by atoms with van der Waals surface area (Å²) >= 11 is 0. The molecule has 0 radical (unpaired) electrons. The SMILES string of the molecule is COc1cc(F)cc(C(O)C(O)CCN)c1. The van der Waals surface area contributed by atoms with Gasteiger partial charge in [-0.2, -0.15) is 0 Å². The Kier molecular flexibility index (Phi) is 4.67. The first-order chi connectivity index (χ1) is 7.58. The van der Waals surface area contributed by atoms with Crippen LogP contribution in [0.15, 0.2) is 18.2 Å². The van der Waals surface area contributed by atoms with Gasteiger partial charge in [-0.05, 0) is 30.7 Å². The summed E-state index contributed by atoms with van der Waals surface area (Å²) in [6.07, 6.45) is -1.91. The molecule has 1 aromatic rings. The van der Waals surface area contributed by atoms with Crippen molar-refractivity contribution in [2.24, 2.45) is 5.73 Å². The number of benzene rings is 1. The number of aliphatic hydroxyl groups is 2. The number of aliphatic hydroxyl groups excluding tert-OH is 2. The van der Waals surface area contributed by atoms with Crippen molar-refractivity contribution in [3.63, 3.8) is 0 Å². The van der Waals surface area contributed by atoms with Crippen LogP contribution in [0.4, 0.5) is 4.39 Å². The van der Waals surface area contributed by atoms with Crippen molar-refractivity contribution in [1.29, 1.82) is 0 Å². The first-order valence-corrected chi connectivity index (χ1v) is 4.99.